The lowest BCUT2D eigenvalue weighted by molar-refractivity contribution is 0.0827. The molecule has 1 aliphatic heterocycles. The third-order valence-electron chi connectivity index (χ3n) is 7.45. The Morgan fingerprint density at radius 3 is 2.35 bits per heavy atom. The minimum atomic E-state index is -4.06. The Kier molecular flexibility index (Phi) is 9.73. The minimum Gasteiger partial charge on any atom is -0.487 e. The van der Waals surface area contributed by atoms with E-state index in [0.29, 0.717) is 11.1 Å². The number of nitrogens with one attached hydrogen (secondary N) is 1. The van der Waals surface area contributed by atoms with E-state index < -0.39 is 39.9 Å². The molecule has 2 N–H and O–H groups in total. The number of hydrogen-bond acceptors (Lipinski definition) is 6. The summed E-state index contributed by atoms with van der Waals surface area (Å²) < 4.78 is 49.4. The van der Waals surface area contributed by atoms with Crippen molar-refractivity contribution in [2.75, 3.05) is 46.2 Å². The maximum absolute atomic E-state index is 14.1. The van der Waals surface area contributed by atoms with Gasteiger partial charge >= 0.3 is 6.03 Å². The fourth-order valence-electron chi connectivity index (χ4n) is 4.81. The van der Waals surface area contributed by atoms with Gasteiger partial charge in [0.05, 0.1) is 18.8 Å². The van der Waals surface area contributed by atoms with Crippen LogP contribution in [0.15, 0.2) is 71.6 Å². The van der Waals surface area contributed by atoms with Gasteiger partial charge in [-0.05, 0) is 54.4 Å². The predicted molar refractivity (Wildman–Crippen MR) is 162 cm³/mol. The van der Waals surface area contributed by atoms with Crippen LogP contribution in [0.3, 0.4) is 0 Å². The molecule has 12 heteroatoms. The van der Waals surface area contributed by atoms with Crippen LogP contribution in [0.5, 0.6) is 5.75 Å². The molecular weight excluding hydrogens is 575 g/mol. The van der Waals surface area contributed by atoms with Crippen LogP contribution in [-0.4, -0.2) is 92.6 Å². The SMILES string of the molecule is C[C@H](CO)N1C[C@H](C)[C@H](CN(C)C(=O)Nc2ccccc2F)Oc2cc(-c3ccc(C(=O)N(C)C)cc3)ccc2S1(=O)=O. The van der Waals surface area contributed by atoms with Gasteiger partial charge in [-0.15, -0.1) is 0 Å². The highest BCUT2D eigenvalue weighted by atomic mass is 32.2. The van der Waals surface area contributed by atoms with Crippen molar-refractivity contribution in [3.05, 3.63) is 78.1 Å². The van der Waals surface area contributed by atoms with Crippen LogP contribution in [0, 0.1) is 11.7 Å². The van der Waals surface area contributed by atoms with Crippen molar-refractivity contribution in [2.24, 2.45) is 5.92 Å². The number of carbonyl (C=O) groups is 2. The summed E-state index contributed by atoms with van der Waals surface area (Å²) in [6.07, 6.45) is -0.658. The number of carbonyl (C=O) groups excluding carboxylic acids is 2. The molecule has 43 heavy (non-hydrogen) atoms. The minimum absolute atomic E-state index is 0.0355. The summed E-state index contributed by atoms with van der Waals surface area (Å²) >= 11 is 0. The second-order valence-corrected chi connectivity index (χ2v) is 12.8. The van der Waals surface area contributed by atoms with Crippen molar-refractivity contribution in [3.63, 3.8) is 0 Å². The van der Waals surface area contributed by atoms with Gasteiger partial charge in [-0.3, -0.25) is 4.79 Å². The molecule has 3 aromatic carbocycles. The number of rotatable bonds is 7. The van der Waals surface area contributed by atoms with E-state index in [1.807, 2.05) is 6.92 Å². The van der Waals surface area contributed by atoms with Crippen molar-refractivity contribution in [1.82, 2.24) is 14.1 Å². The first kappa shape index (κ1) is 31.9. The quantitative estimate of drug-likeness (QED) is 0.414. The van der Waals surface area contributed by atoms with E-state index in [-0.39, 0.29) is 41.9 Å². The van der Waals surface area contributed by atoms with Crippen molar-refractivity contribution in [2.45, 2.75) is 30.9 Å². The topological polar surface area (TPSA) is 119 Å². The van der Waals surface area contributed by atoms with E-state index in [9.17, 15) is 27.5 Å². The molecular formula is C31H37FN4O6S. The molecule has 0 unspecified atom stereocenters. The van der Waals surface area contributed by atoms with E-state index in [4.69, 9.17) is 4.74 Å². The summed E-state index contributed by atoms with van der Waals surface area (Å²) in [4.78, 5) is 28.0. The van der Waals surface area contributed by atoms with Crippen molar-refractivity contribution in [3.8, 4) is 16.9 Å². The average Bonchev–Trinajstić information content (AvgIpc) is 2.99. The molecule has 0 saturated carbocycles. The molecule has 0 spiro atoms. The molecule has 0 saturated heterocycles. The summed E-state index contributed by atoms with van der Waals surface area (Å²) in [5.41, 5.74) is 1.95. The lowest BCUT2D eigenvalue weighted by Crippen LogP contribution is -2.50. The second kappa shape index (κ2) is 13.1. The molecule has 0 aromatic heterocycles. The number of fused-ring (bicyclic) bond motifs is 1. The Hall–Kier alpha value is -4.00. The molecule has 0 bridgehead atoms. The number of halogens is 1. The molecule has 230 valence electrons. The Morgan fingerprint density at radius 1 is 1.07 bits per heavy atom. The van der Waals surface area contributed by atoms with Gasteiger partial charge in [0, 0.05) is 45.2 Å². The Bertz CT molecular complexity index is 1580. The Balaban J connectivity index is 1.69. The summed E-state index contributed by atoms with van der Waals surface area (Å²) in [7, 11) is 0.820. The van der Waals surface area contributed by atoms with Crippen LogP contribution in [-0.2, 0) is 10.0 Å². The van der Waals surface area contributed by atoms with E-state index in [2.05, 4.69) is 5.32 Å². The van der Waals surface area contributed by atoms with Gasteiger partial charge in [0.15, 0.2) is 0 Å². The number of sulfonamides is 1. The van der Waals surface area contributed by atoms with E-state index in [0.717, 1.165) is 5.56 Å². The van der Waals surface area contributed by atoms with Gasteiger partial charge in [-0.2, -0.15) is 4.31 Å². The second-order valence-electron chi connectivity index (χ2n) is 11.0. The Labute approximate surface area is 251 Å². The highest BCUT2D eigenvalue weighted by Gasteiger charge is 2.38. The number of nitrogens with zero attached hydrogens (tertiary/aromatic N) is 3. The number of benzene rings is 3. The third kappa shape index (κ3) is 6.98. The van der Waals surface area contributed by atoms with E-state index in [1.54, 1.807) is 70.5 Å². The lowest BCUT2D eigenvalue weighted by atomic mass is 10.0. The number of para-hydroxylation sites is 1. The Morgan fingerprint density at radius 2 is 1.72 bits per heavy atom. The van der Waals surface area contributed by atoms with Gasteiger partial charge in [-0.25, -0.2) is 17.6 Å². The summed E-state index contributed by atoms with van der Waals surface area (Å²) in [6, 6.07) is 16.3. The molecule has 3 amide bonds. The predicted octanol–water partition coefficient (Wildman–Crippen LogP) is 4.13. The molecule has 3 aromatic rings. The van der Waals surface area contributed by atoms with E-state index in [1.165, 1.54) is 38.4 Å². The molecule has 0 fully saturated rings. The summed E-state index contributed by atoms with van der Waals surface area (Å²) in [6.45, 7) is 3.16. The van der Waals surface area contributed by atoms with Crippen LogP contribution >= 0.6 is 0 Å². The molecule has 10 nitrogen and oxygen atoms in total. The zero-order chi connectivity index (χ0) is 31.5. The average molecular weight is 613 g/mol. The monoisotopic (exact) mass is 612 g/mol. The summed E-state index contributed by atoms with van der Waals surface area (Å²) in [5.74, 6) is -1.02. The largest absolute Gasteiger partial charge is 0.487 e. The standard InChI is InChI=1S/C31H37FN4O6S/c1-20-17-36(21(2)19-37)43(40,41)29-15-14-24(22-10-12-23(13-11-22)30(38)34(3)4)16-27(29)42-28(20)18-35(5)31(39)33-26-9-7-6-8-25(26)32/h6-16,20-21,28,37H,17-19H2,1-5H3,(H,33,39)/t20-,21+,28-/m0/s1. The van der Waals surface area contributed by atoms with Gasteiger partial charge in [0.2, 0.25) is 10.0 Å². The highest BCUT2D eigenvalue weighted by Crippen LogP contribution is 2.36. The first-order chi connectivity index (χ1) is 20.3. The maximum Gasteiger partial charge on any atom is 0.321 e. The van der Waals surface area contributed by atoms with Crippen LogP contribution in [0.2, 0.25) is 0 Å². The first-order valence-electron chi connectivity index (χ1n) is 13.9. The van der Waals surface area contributed by atoms with Crippen molar-refractivity contribution in [1.29, 1.82) is 0 Å². The number of anilines is 1. The highest BCUT2D eigenvalue weighted by molar-refractivity contribution is 7.89. The number of urea groups is 1. The fraction of sp³-hybridized carbons (Fsp3) is 0.355. The van der Waals surface area contributed by atoms with E-state index >= 15 is 0 Å². The van der Waals surface area contributed by atoms with Crippen LogP contribution in [0.25, 0.3) is 11.1 Å². The zero-order valence-corrected chi connectivity index (χ0v) is 25.6. The van der Waals surface area contributed by atoms with Gasteiger partial charge in [-0.1, -0.05) is 37.3 Å². The fourth-order valence-corrected chi connectivity index (χ4v) is 6.64. The smallest absolute Gasteiger partial charge is 0.321 e. The number of amides is 3. The first-order valence-corrected chi connectivity index (χ1v) is 15.3. The lowest BCUT2D eigenvalue weighted by Gasteiger charge is -2.37. The van der Waals surface area contributed by atoms with Crippen molar-refractivity contribution >= 4 is 27.6 Å². The number of aliphatic hydroxyl groups is 1. The number of aliphatic hydroxyl groups excluding tert-OH is 1. The number of hydrogen-bond donors (Lipinski definition) is 2. The maximum atomic E-state index is 14.1. The normalized spacial score (nSPS) is 18.8. The number of likely N-dealkylation sites (N-methyl/N-ethyl adjacent to an activating group) is 1. The number of ether oxygens (including phenoxy) is 1. The molecule has 1 aliphatic rings. The van der Waals surface area contributed by atoms with Gasteiger partial charge in [0.1, 0.15) is 22.6 Å². The van der Waals surface area contributed by atoms with Crippen molar-refractivity contribution < 1.29 is 32.2 Å². The molecule has 0 aliphatic carbocycles. The molecule has 4 rings (SSSR count). The van der Waals surface area contributed by atoms with Gasteiger partial charge in [0.25, 0.3) is 5.91 Å². The van der Waals surface area contributed by atoms with Gasteiger partial charge < -0.3 is 25.0 Å². The third-order valence-corrected chi connectivity index (χ3v) is 9.47. The molecule has 3 atom stereocenters. The van der Waals surface area contributed by atoms with Crippen LogP contribution < -0.4 is 10.1 Å². The van der Waals surface area contributed by atoms with Crippen LogP contribution in [0.4, 0.5) is 14.9 Å². The van der Waals surface area contributed by atoms with Crippen LogP contribution in [0.1, 0.15) is 24.2 Å². The zero-order valence-electron chi connectivity index (χ0n) is 24.8. The summed E-state index contributed by atoms with van der Waals surface area (Å²) in [5, 5.41) is 12.4. The molecule has 0 radical (unpaired) electrons. The molecule has 1 heterocycles.